The smallest absolute Gasteiger partial charge is 0.222 e. The van der Waals surface area contributed by atoms with Crippen LogP contribution in [0.25, 0.3) is 0 Å². The minimum Gasteiger partial charge on any atom is -0.375 e. The summed E-state index contributed by atoms with van der Waals surface area (Å²) in [5.41, 5.74) is 0. The van der Waals surface area contributed by atoms with Crippen molar-refractivity contribution in [1.82, 2.24) is 10.2 Å². The third kappa shape index (κ3) is 5.50. The summed E-state index contributed by atoms with van der Waals surface area (Å²) in [7, 11) is 0. The van der Waals surface area contributed by atoms with Gasteiger partial charge in [0.05, 0.1) is 12.7 Å². The monoisotopic (exact) mass is 242 g/mol. The molecule has 0 bridgehead atoms. The number of nitrogens with zero attached hydrogens (tertiary/aromatic N) is 1. The highest BCUT2D eigenvalue weighted by molar-refractivity contribution is 5.76. The molecule has 1 aliphatic rings. The van der Waals surface area contributed by atoms with E-state index in [2.05, 4.69) is 26.1 Å². The van der Waals surface area contributed by atoms with Gasteiger partial charge in [0.1, 0.15) is 0 Å². The highest BCUT2D eigenvalue weighted by Crippen LogP contribution is 2.09. The predicted octanol–water partition coefficient (Wildman–Crippen LogP) is 1.40. The molecule has 1 atom stereocenters. The van der Waals surface area contributed by atoms with Crippen molar-refractivity contribution in [3.8, 4) is 0 Å². The zero-order chi connectivity index (χ0) is 12.7. The Morgan fingerprint density at radius 3 is 2.94 bits per heavy atom. The maximum atomic E-state index is 11.9. The van der Waals surface area contributed by atoms with Crippen LogP contribution in [0.1, 0.15) is 40.0 Å². The van der Waals surface area contributed by atoms with Crippen molar-refractivity contribution in [3.05, 3.63) is 0 Å². The summed E-state index contributed by atoms with van der Waals surface area (Å²) in [6.07, 6.45) is 2.79. The first-order valence-electron chi connectivity index (χ1n) is 6.76. The van der Waals surface area contributed by atoms with Crippen LogP contribution in [0.2, 0.25) is 0 Å². The molecule has 1 saturated heterocycles. The first-order chi connectivity index (χ1) is 8.13. The van der Waals surface area contributed by atoms with E-state index in [4.69, 9.17) is 4.74 Å². The summed E-state index contributed by atoms with van der Waals surface area (Å²) < 4.78 is 5.56. The van der Waals surface area contributed by atoms with Crippen molar-refractivity contribution in [2.45, 2.75) is 52.2 Å². The number of nitrogens with one attached hydrogen (secondary N) is 1. The van der Waals surface area contributed by atoms with Crippen molar-refractivity contribution in [1.29, 1.82) is 0 Å². The van der Waals surface area contributed by atoms with Crippen molar-refractivity contribution in [2.24, 2.45) is 0 Å². The summed E-state index contributed by atoms with van der Waals surface area (Å²) in [5.74, 6) is 0.275. The van der Waals surface area contributed by atoms with E-state index in [9.17, 15) is 4.79 Å². The largest absolute Gasteiger partial charge is 0.375 e. The fourth-order valence-electron chi connectivity index (χ4n) is 1.98. The number of hydrogen-bond donors (Lipinski definition) is 1. The minimum absolute atomic E-state index is 0.237. The lowest BCUT2D eigenvalue weighted by Crippen LogP contribution is -2.45. The molecule has 1 unspecified atom stereocenters. The Morgan fingerprint density at radius 2 is 2.29 bits per heavy atom. The van der Waals surface area contributed by atoms with Crippen molar-refractivity contribution in [2.75, 3.05) is 26.2 Å². The van der Waals surface area contributed by atoms with Crippen LogP contribution in [0.3, 0.4) is 0 Å². The van der Waals surface area contributed by atoms with Gasteiger partial charge in [-0.25, -0.2) is 0 Å². The SMILES string of the molecule is CCC1CN(C(=O)CCCNC(C)C)CCO1. The van der Waals surface area contributed by atoms with Gasteiger partial charge in [0.2, 0.25) is 5.91 Å². The van der Waals surface area contributed by atoms with Gasteiger partial charge in [0.15, 0.2) is 0 Å². The maximum Gasteiger partial charge on any atom is 0.222 e. The Labute approximate surface area is 105 Å². The molecule has 0 aliphatic carbocycles. The molecule has 0 aromatic carbocycles. The van der Waals surface area contributed by atoms with Crippen molar-refractivity contribution in [3.63, 3.8) is 0 Å². The van der Waals surface area contributed by atoms with E-state index in [0.29, 0.717) is 19.1 Å². The van der Waals surface area contributed by atoms with E-state index < -0.39 is 0 Å². The molecule has 17 heavy (non-hydrogen) atoms. The number of morpholine rings is 1. The van der Waals surface area contributed by atoms with Crippen LogP contribution in [-0.2, 0) is 9.53 Å². The highest BCUT2D eigenvalue weighted by atomic mass is 16.5. The number of rotatable bonds is 6. The lowest BCUT2D eigenvalue weighted by atomic mass is 10.2. The van der Waals surface area contributed by atoms with Crippen molar-refractivity contribution < 1.29 is 9.53 Å². The van der Waals surface area contributed by atoms with Crippen LogP contribution in [0.5, 0.6) is 0 Å². The first kappa shape index (κ1) is 14.5. The maximum absolute atomic E-state index is 11.9. The molecule has 1 heterocycles. The minimum atomic E-state index is 0.237. The second-order valence-corrected chi connectivity index (χ2v) is 4.95. The van der Waals surface area contributed by atoms with Crippen LogP contribution in [0, 0.1) is 0 Å². The molecule has 0 saturated carbocycles. The Morgan fingerprint density at radius 1 is 1.53 bits per heavy atom. The van der Waals surface area contributed by atoms with Gasteiger partial charge in [0.25, 0.3) is 0 Å². The quantitative estimate of drug-likeness (QED) is 0.716. The predicted molar refractivity (Wildman–Crippen MR) is 69.0 cm³/mol. The van der Waals surface area contributed by atoms with Gasteiger partial charge in [-0.2, -0.15) is 0 Å². The van der Waals surface area contributed by atoms with Crippen LogP contribution in [-0.4, -0.2) is 49.2 Å². The van der Waals surface area contributed by atoms with Crippen LogP contribution in [0.4, 0.5) is 0 Å². The lowest BCUT2D eigenvalue weighted by Gasteiger charge is -2.32. The summed E-state index contributed by atoms with van der Waals surface area (Å²) in [6.45, 7) is 9.48. The summed E-state index contributed by atoms with van der Waals surface area (Å²) >= 11 is 0. The molecule has 4 nitrogen and oxygen atoms in total. The zero-order valence-electron chi connectivity index (χ0n) is 11.4. The Hall–Kier alpha value is -0.610. The van der Waals surface area contributed by atoms with Gasteiger partial charge in [-0.15, -0.1) is 0 Å². The second-order valence-electron chi connectivity index (χ2n) is 4.95. The molecule has 0 radical (unpaired) electrons. The van der Waals surface area contributed by atoms with Gasteiger partial charge in [0, 0.05) is 25.6 Å². The van der Waals surface area contributed by atoms with E-state index >= 15 is 0 Å². The van der Waals surface area contributed by atoms with E-state index in [-0.39, 0.29) is 12.0 Å². The van der Waals surface area contributed by atoms with Gasteiger partial charge >= 0.3 is 0 Å². The topological polar surface area (TPSA) is 41.6 Å². The normalized spacial score (nSPS) is 20.9. The van der Waals surface area contributed by atoms with E-state index in [1.807, 2.05) is 4.90 Å². The fourth-order valence-corrected chi connectivity index (χ4v) is 1.98. The highest BCUT2D eigenvalue weighted by Gasteiger charge is 2.22. The van der Waals surface area contributed by atoms with Gasteiger partial charge < -0.3 is 15.0 Å². The van der Waals surface area contributed by atoms with E-state index in [1.165, 1.54) is 0 Å². The second kappa shape index (κ2) is 7.67. The summed E-state index contributed by atoms with van der Waals surface area (Å²) in [6, 6.07) is 0.498. The Kier molecular flexibility index (Phi) is 6.52. The summed E-state index contributed by atoms with van der Waals surface area (Å²) in [4.78, 5) is 13.9. The Bertz CT molecular complexity index is 231. The first-order valence-corrected chi connectivity index (χ1v) is 6.76. The molecule has 100 valence electrons. The fraction of sp³-hybridized carbons (Fsp3) is 0.923. The number of ether oxygens (including phenoxy) is 1. The number of amides is 1. The van der Waals surface area contributed by atoms with Crippen LogP contribution in [0.15, 0.2) is 0 Å². The number of carbonyl (C=O) groups is 1. The molecule has 4 heteroatoms. The number of hydrogen-bond acceptors (Lipinski definition) is 3. The summed E-state index contributed by atoms with van der Waals surface area (Å²) in [5, 5.41) is 3.33. The molecule has 1 amide bonds. The van der Waals surface area contributed by atoms with Crippen LogP contribution >= 0.6 is 0 Å². The molecular formula is C13H26N2O2. The van der Waals surface area contributed by atoms with Crippen molar-refractivity contribution >= 4 is 5.91 Å². The molecule has 1 rings (SSSR count). The third-order valence-electron chi connectivity index (χ3n) is 3.07. The van der Waals surface area contributed by atoms with E-state index in [1.54, 1.807) is 0 Å². The zero-order valence-corrected chi connectivity index (χ0v) is 11.4. The molecule has 1 N–H and O–H groups in total. The standard InChI is InChI=1S/C13H26N2O2/c1-4-12-10-15(8-9-17-12)13(16)6-5-7-14-11(2)3/h11-12,14H,4-10H2,1-3H3. The molecule has 0 aromatic heterocycles. The molecule has 0 spiro atoms. The van der Waals surface area contributed by atoms with Gasteiger partial charge in [-0.3, -0.25) is 4.79 Å². The van der Waals surface area contributed by atoms with E-state index in [0.717, 1.165) is 32.5 Å². The average molecular weight is 242 g/mol. The van der Waals surface area contributed by atoms with Crippen LogP contribution < -0.4 is 5.32 Å². The molecular weight excluding hydrogens is 216 g/mol. The lowest BCUT2D eigenvalue weighted by molar-refractivity contribution is -0.138. The molecule has 1 fully saturated rings. The van der Waals surface area contributed by atoms with Gasteiger partial charge in [-0.1, -0.05) is 20.8 Å². The Balaban J connectivity index is 2.18. The number of carbonyl (C=O) groups excluding carboxylic acids is 1. The molecule has 1 aliphatic heterocycles. The van der Waals surface area contributed by atoms with Gasteiger partial charge in [-0.05, 0) is 19.4 Å². The third-order valence-corrected chi connectivity index (χ3v) is 3.07. The average Bonchev–Trinajstić information content (AvgIpc) is 2.34. The molecule has 0 aromatic rings.